The van der Waals surface area contributed by atoms with Crippen molar-refractivity contribution in [3.63, 3.8) is 0 Å². The van der Waals surface area contributed by atoms with Crippen molar-refractivity contribution in [3.8, 4) is 0 Å². The van der Waals surface area contributed by atoms with Gasteiger partial charge >= 0.3 is 5.97 Å². The Morgan fingerprint density at radius 1 is 1.41 bits per heavy atom. The number of carbonyl (C=O) groups is 2. The molecule has 1 amide bonds. The lowest BCUT2D eigenvalue weighted by molar-refractivity contribution is -0.157. The molecule has 0 aromatic carbocycles. The van der Waals surface area contributed by atoms with Crippen LogP contribution in [0.5, 0.6) is 0 Å². The van der Waals surface area contributed by atoms with E-state index < -0.39 is 0 Å². The van der Waals surface area contributed by atoms with Crippen LogP contribution in [0.4, 0.5) is 0 Å². The molecule has 5 nitrogen and oxygen atoms in total. The maximum atomic E-state index is 12.9. The number of nitrogens with zero attached hydrogens (tertiary/aromatic N) is 1. The van der Waals surface area contributed by atoms with Gasteiger partial charge in [-0.1, -0.05) is 13.5 Å². The topological polar surface area (TPSA) is 66.8 Å². The highest BCUT2D eigenvalue weighted by molar-refractivity contribution is 5.85. The van der Waals surface area contributed by atoms with Gasteiger partial charge in [-0.15, -0.1) is 0 Å². The highest BCUT2D eigenvalue weighted by Crippen LogP contribution is 2.62. The first kappa shape index (κ1) is 15.4. The van der Waals surface area contributed by atoms with Gasteiger partial charge in [0.1, 0.15) is 6.10 Å². The van der Waals surface area contributed by atoms with E-state index >= 15 is 0 Å². The summed E-state index contributed by atoms with van der Waals surface area (Å²) in [7, 11) is 0. The third kappa shape index (κ3) is 1.90. The maximum absolute atomic E-state index is 12.9. The smallest absolute Gasteiger partial charge is 0.305 e. The van der Waals surface area contributed by atoms with E-state index in [-0.39, 0.29) is 59.0 Å². The zero-order valence-corrected chi connectivity index (χ0v) is 13.7. The van der Waals surface area contributed by atoms with Gasteiger partial charge in [0.2, 0.25) is 5.91 Å². The molecular formula is C17H25NO4. The highest BCUT2D eigenvalue weighted by atomic mass is 16.5. The number of hydrogen-bond acceptors (Lipinski definition) is 4. The molecule has 0 aromatic rings. The third-order valence-corrected chi connectivity index (χ3v) is 5.54. The van der Waals surface area contributed by atoms with Crippen LogP contribution in [0, 0.1) is 23.7 Å². The van der Waals surface area contributed by atoms with Gasteiger partial charge < -0.3 is 14.7 Å². The number of carbonyl (C=O) groups excluding carboxylic acids is 2. The zero-order chi connectivity index (χ0) is 16.4. The van der Waals surface area contributed by atoms with Gasteiger partial charge in [0.15, 0.2) is 0 Å². The average molecular weight is 307 g/mol. The van der Waals surface area contributed by atoms with Gasteiger partial charge in [0, 0.05) is 23.8 Å². The van der Waals surface area contributed by atoms with Crippen molar-refractivity contribution in [2.45, 2.75) is 58.2 Å². The largest absolute Gasteiger partial charge is 0.513 e. The van der Waals surface area contributed by atoms with Crippen molar-refractivity contribution in [3.05, 3.63) is 12.3 Å². The normalized spacial score (nSPS) is 39.5. The fourth-order valence-electron chi connectivity index (χ4n) is 4.93. The Morgan fingerprint density at radius 3 is 2.55 bits per heavy atom. The van der Waals surface area contributed by atoms with E-state index in [1.807, 2.05) is 25.7 Å². The number of likely N-dealkylation sites (tertiary alicyclic amines) is 1. The van der Waals surface area contributed by atoms with E-state index in [0.717, 1.165) is 6.42 Å². The molecule has 2 aliphatic carbocycles. The van der Waals surface area contributed by atoms with Crippen LogP contribution in [0.3, 0.4) is 0 Å². The van der Waals surface area contributed by atoms with Crippen LogP contribution in [-0.4, -0.2) is 39.6 Å². The minimum atomic E-state index is -0.327. The van der Waals surface area contributed by atoms with Crippen molar-refractivity contribution >= 4 is 11.9 Å². The Morgan fingerprint density at radius 2 is 2.05 bits per heavy atom. The van der Waals surface area contributed by atoms with Crippen molar-refractivity contribution in [2.24, 2.45) is 23.7 Å². The third-order valence-electron chi connectivity index (χ3n) is 5.54. The van der Waals surface area contributed by atoms with Crippen LogP contribution < -0.4 is 0 Å². The minimum Gasteiger partial charge on any atom is -0.513 e. The monoisotopic (exact) mass is 307 g/mol. The van der Waals surface area contributed by atoms with E-state index in [4.69, 9.17) is 4.74 Å². The lowest BCUT2D eigenvalue weighted by atomic mass is 9.77. The van der Waals surface area contributed by atoms with E-state index in [0.29, 0.717) is 6.42 Å². The molecule has 1 N–H and O–H groups in total. The molecule has 0 radical (unpaired) electrons. The average Bonchev–Trinajstić information content (AvgIpc) is 2.99. The van der Waals surface area contributed by atoms with Crippen LogP contribution >= 0.6 is 0 Å². The van der Waals surface area contributed by atoms with Gasteiger partial charge in [-0.3, -0.25) is 9.59 Å². The number of aliphatic hydroxyl groups excluding tert-OH is 1. The Balaban J connectivity index is 2.01. The number of aliphatic hydroxyl groups is 1. The maximum Gasteiger partial charge on any atom is 0.305 e. The summed E-state index contributed by atoms with van der Waals surface area (Å²) in [5.74, 6) is -0.453. The summed E-state index contributed by atoms with van der Waals surface area (Å²) in [4.78, 5) is 26.6. The quantitative estimate of drug-likeness (QED) is 0.641. The lowest BCUT2D eigenvalue weighted by Gasteiger charge is -2.40. The molecule has 3 aliphatic rings. The van der Waals surface area contributed by atoms with Crippen LogP contribution in [-0.2, 0) is 14.3 Å². The summed E-state index contributed by atoms with van der Waals surface area (Å²) in [5.41, 5.74) is -0.327. The molecule has 6 unspecified atom stereocenters. The van der Waals surface area contributed by atoms with Gasteiger partial charge in [0.05, 0.1) is 17.7 Å². The molecule has 1 heterocycles. The highest BCUT2D eigenvalue weighted by Gasteiger charge is 2.70. The lowest BCUT2D eigenvalue weighted by Crippen LogP contribution is -2.52. The van der Waals surface area contributed by atoms with E-state index in [1.54, 1.807) is 6.92 Å². The molecule has 1 saturated heterocycles. The summed E-state index contributed by atoms with van der Waals surface area (Å²) in [6.45, 7) is 11.5. The van der Waals surface area contributed by atoms with E-state index in [1.165, 1.54) is 0 Å². The van der Waals surface area contributed by atoms with Crippen LogP contribution in [0.15, 0.2) is 12.3 Å². The van der Waals surface area contributed by atoms with Gasteiger partial charge in [-0.2, -0.15) is 0 Å². The molecular weight excluding hydrogens is 282 g/mol. The standard InChI is InChI=1S/C17H25NO4/c1-6-11(20)22-15-10-7-9-13(12(10)8(2)19)16(21)18(14(9)15)17(3,4)5/h9-10,12-15,19H,2,6-7H2,1,3-5H3. The molecule has 5 heteroatoms. The van der Waals surface area contributed by atoms with E-state index in [2.05, 4.69) is 6.58 Å². The van der Waals surface area contributed by atoms with Crippen LogP contribution in [0.25, 0.3) is 0 Å². The first-order valence-corrected chi connectivity index (χ1v) is 8.09. The number of rotatable bonds is 3. The summed E-state index contributed by atoms with van der Waals surface area (Å²) in [6, 6.07) is -0.0615. The molecule has 6 atom stereocenters. The van der Waals surface area contributed by atoms with Crippen LogP contribution in [0.2, 0.25) is 0 Å². The molecule has 0 spiro atoms. The van der Waals surface area contributed by atoms with Gasteiger partial charge in [-0.25, -0.2) is 0 Å². The number of hydrogen-bond donors (Lipinski definition) is 1. The summed E-state index contributed by atoms with van der Waals surface area (Å²) in [6.07, 6.45) is 0.811. The Labute approximate surface area is 131 Å². The molecule has 0 aromatic heterocycles. The first-order chi connectivity index (χ1) is 10.2. The van der Waals surface area contributed by atoms with Crippen molar-refractivity contribution < 1.29 is 19.4 Å². The van der Waals surface area contributed by atoms with E-state index in [9.17, 15) is 14.7 Å². The molecule has 22 heavy (non-hydrogen) atoms. The SMILES string of the molecule is C=C(O)C1C2CC3C1C(=O)N(C(C)(C)C)C3C2OC(=O)CC. The molecule has 2 bridgehead atoms. The number of fused-ring (bicyclic) bond motifs is 1. The second-order valence-electron chi connectivity index (χ2n) is 7.78. The molecule has 1 aliphatic heterocycles. The number of esters is 1. The number of amides is 1. The fraction of sp³-hybridized carbons (Fsp3) is 0.765. The van der Waals surface area contributed by atoms with Crippen molar-refractivity contribution in [2.75, 3.05) is 0 Å². The summed E-state index contributed by atoms with van der Waals surface area (Å²) in [5, 5.41) is 10.0. The Hall–Kier alpha value is -1.52. The number of allylic oxidation sites excluding steroid dienone is 1. The summed E-state index contributed by atoms with van der Waals surface area (Å²) < 4.78 is 5.69. The van der Waals surface area contributed by atoms with Gasteiger partial charge in [-0.05, 0) is 33.1 Å². The molecule has 2 saturated carbocycles. The predicted octanol–water partition coefficient (Wildman–Crippen LogP) is 2.27. The fourth-order valence-corrected chi connectivity index (χ4v) is 4.93. The van der Waals surface area contributed by atoms with Crippen LogP contribution in [0.1, 0.15) is 40.5 Å². The van der Waals surface area contributed by atoms with Gasteiger partial charge in [0.25, 0.3) is 0 Å². The Bertz CT molecular complexity index is 535. The second kappa shape index (κ2) is 4.74. The summed E-state index contributed by atoms with van der Waals surface area (Å²) >= 11 is 0. The number of ether oxygens (including phenoxy) is 1. The van der Waals surface area contributed by atoms with Crippen molar-refractivity contribution in [1.29, 1.82) is 0 Å². The first-order valence-electron chi connectivity index (χ1n) is 8.09. The molecule has 122 valence electrons. The molecule has 3 rings (SSSR count). The predicted molar refractivity (Wildman–Crippen MR) is 80.9 cm³/mol. The second-order valence-corrected chi connectivity index (χ2v) is 7.78. The zero-order valence-electron chi connectivity index (χ0n) is 13.7. The minimum absolute atomic E-state index is 0.00398. The molecule has 3 fully saturated rings. The Kier molecular flexibility index (Phi) is 3.31. The van der Waals surface area contributed by atoms with Crippen molar-refractivity contribution in [1.82, 2.24) is 4.90 Å².